The molecule has 0 saturated heterocycles. The molecule has 4 aromatic carbocycles. The molecule has 6 rings (SSSR count). The van der Waals surface area contributed by atoms with Gasteiger partial charge in [0.15, 0.2) is 0 Å². The zero-order chi connectivity index (χ0) is 17.1. The van der Waals surface area contributed by atoms with Crippen molar-refractivity contribution in [3.8, 4) is 0 Å². The first-order valence-corrected chi connectivity index (χ1v) is 9.31. The third kappa shape index (κ3) is 1.84. The van der Waals surface area contributed by atoms with Crippen LogP contribution in [0.4, 0.5) is 0 Å². The molecule has 0 heteroatoms. The van der Waals surface area contributed by atoms with Gasteiger partial charge < -0.3 is 0 Å². The van der Waals surface area contributed by atoms with Crippen molar-refractivity contribution in [2.24, 2.45) is 0 Å². The van der Waals surface area contributed by atoms with Gasteiger partial charge in [0.25, 0.3) is 0 Å². The summed E-state index contributed by atoms with van der Waals surface area (Å²) in [4.78, 5) is 0. The minimum absolute atomic E-state index is 0.326. The van der Waals surface area contributed by atoms with Crippen LogP contribution in [0.1, 0.15) is 28.2 Å². The van der Waals surface area contributed by atoms with Gasteiger partial charge in [-0.3, -0.25) is 0 Å². The molecule has 26 heavy (non-hydrogen) atoms. The Morgan fingerprint density at radius 2 is 1.42 bits per heavy atom. The van der Waals surface area contributed by atoms with Gasteiger partial charge in [0.05, 0.1) is 0 Å². The molecule has 2 aliphatic rings. The van der Waals surface area contributed by atoms with E-state index in [-0.39, 0.29) is 0 Å². The van der Waals surface area contributed by atoms with E-state index in [1.165, 1.54) is 49.4 Å². The molecule has 0 amide bonds. The molecule has 0 N–H and O–H groups in total. The van der Waals surface area contributed by atoms with Crippen LogP contribution < -0.4 is 0 Å². The molecular formula is C26H18. The minimum Gasteiger partial charge on any atom is -0.0753 e. The highest BCUT2D eigenvalue weighted by Crippen LogP contribution is 2.45. The number of rotatable bonds is 1. The summed E-state index contributed by atoms with van der Waals surface area (Å²) in [6.45, 7) is 0. The average molecular weight is 330 g/mol. The lowest BCUT2D eigenvalue weighted by molar-refractivity contribution is 1.10. The maximum atomic E-state index is 2.44. The molecule has 0 heterocycles. The van der Waals surface area contributed by atoms with Crippen LogP contribution >= 0.6 is 0 Å². The fourth-order valence-corrected chi connectivity index (χ4v) is 4.83. The van der Waals surface area contributed by atoms with Gasteiger partial charge in [0, 0.05) is 5.92 Å². The van der Waals surface area contributed by atoms with Crippen molar-refractivity contribution in [2.75, 3.05) is 0 Å². The topological polar surface area (TPSA) is 0 Å². The van der Waals surface area contributed by atoms with Crippen molar-refractivity contribution in [1.29, 1.82) is 0 Å². The fourth-order valence-electron chi connectivity index (χ4n) is 4.83. The number of allylic oxidation sites excluding steroid dienone is 3. The molecule has 0 nitrogen and oxygen atoms in total. The monoisotopic (exact) mass is 330 g/mol. The lowest BCUT2D eigenvalue weighted by Crippen LogP contribution is -2.08. The third-order valence-corrected chi connectivity index (χ3v) is 5.95. The first kappa shape index (κ1) is 14.1. The highest BCUT2D eigenvalue weighted by atomic mass is 14.3. The smallest absolute Gasteiger partial charge is 0.0282 e. The first-order chi connectivity index (χ1) is 12.9. The highest BCUT2D eigenvalue weighted by molar-refractivity contribution is 6.03. The van der Waals surface area contributed by atoms with Crippen molar-refractivity contribution in [3.63, 3.8) is 0 Å². The predicted molar refractivity (Wildman–Crippen MR) is 111 cm³/mol. The summed E-state index contributed by atoms with van der Waals surface area (Å²) >= 11 is 0. The minimum atomic E-state index is 0.326. The van der Waals surface area contributed by atoms with Crippen LogP contribution in [-0.4, -0.2) is 0 Å². The Kier molecular flexibility index (Phi) is 2.81. The summed E-state index contributed by atoms with van der Waals surface area (Å²) in [5.41, 5.74) is 7.07. The molecular weight excluding hydrogens is 312 g/mol. The molecule has 0 aromatic heterocycles. The summed E-state index contributed by atoms with van der Waals surface area (Å²) in [5, 5.41) is 5.54. The standard InChI is InChI=1S/C26H18/c1-5-17-9-3-11-23-21(15-13-19(7-1)25(17)23)22-16-14-20-8-2-6-18-10-4-12-24(22)26(18)20/h1-13,15-16,21H,14H2. The van der Waals surface area contributed by atoms with Gasteiger partial charge in [-0.25, -0.2) is 0 Å². The zero-order valence-electron chi connectivity index (χ0n) is 14.4. The van der Waals surface area contributed by atoms with Gasteiger partial charge in [0.1, 0.15) is 0 Å². The molecule has 0 saturated carbocycles. The molecule has 122 valence electrons. The van der Waals surface area contributed by atoms with Crippen LogP contribution in [0.5, 0.6) is 0 Å². The number of benzene rings is 4. The Labute approximate surface area is 153 Å². The van der Waals surface area contributed by atoms with E-state index in [0.717, 1.165) is 6.42 Å². The lowest BCUT2D eigenvalue weighted by Gasteiger charge is -2.27. The van der Waals surface area contributed by atoms with Gasteiger partial charge in [-0.05, 0) is 55.8 Å². The molecule has 0 fully saturated rings. The second-order valence-corrected chi connectivity index (χ2v) is 7.31. The van der Waals surface area contributed by atoms with Crippen LogP contribution in [0.3, 0.4) is 0 Å². The van der Waals surface area contributed by atoms with Crippen LogP contribution in [-0.2, 0) is 6.42 Å². The largest absolute Gasteiger partial charge is 0.0753 e. The molecule has 1 unspecified atom stereocenters. The Bertz CT molecular complexity index is 1240. The van der Waals surface area contributed by atoms with Gasteiger partial charge in [-0.2, -0.15) is 0 Å². The fraction of sp³-hybridized carbons (Fsp3) is 0.0769. The number of hydrogen-bond acceptors (Lipinski definition) is 0. The zero-order valence-corrected chi connectivity index (χ0v) is 14.4. The predicted octanol–water partition coefficient (Wildman–Crippen LogP) is 6.74. The second kappa shape index (κ2) is 5.19. The molecule has 1 atom stereocenters. The number of hydrogen-bond donors (Lipinski definition) is 0. The van der Waals surface area contributed by atoms with Crippen LogP contribution in [0.2, 0.25) is 0 Å². The van der Waals surface area contributed by atoms with E-state index in [0.29, 0.717) is 5.92 Å². The van der Waals surface area contributed by atoms with Gasteiger partial charge in [-0.15, -0.1) is 0 Å². The van der Waals surface area contributed by atoms with Crippen molar-refractivity contribution in [1.82, 2.24) is 0 Å². The Hall–Kier alpha value is -3.12. The quantitative estimate of drug-likeness (QED) is 0.362. The SMILES string of the molecule is C1=CC(C2=CCc3cccc4cccc2c34)c2cccc3cccc1c23. The summed E-state index contributed by atoms with van der Waals surface area (Å²) in [5.74, 6) is 0.326. The Morgan fingerprint density at radius 3 is 2.31 bits per heavy atom. The highest BCUT2D eigenvalue weighted by Gasteiger charge is 2.25. The van der Waals surface area contributed by atoms with Gasteiger partial charge >= 0.3 is 0 Å². The summed E-state index contributed by atoms with van der Waals surface area (Å²) < 4.78 is 0. The normalized spacial score (nSPS) is 17.5. The second-order valence-electron chi connectivity index (χ2n) is 7.31. The lowest BCUT2D eigenvalue weighted by atomic mass is 9.76. The van der Waals surface area contributed by atoms with E-state index in [2.05, 4.69) is 91.0 Å². The summed E-state index contributed by atoms with van der Waals surface area (Å²) in [7, 11) is 0. The van der Waals surface area contributed by atoms with Crippen molar-refractivity contribution in [2.45, 2.75) is 12.3 Å². The van der Waals surface area contributed by atoms with E-state index in [1.54, 1.807) is 0 Å². The van der Waals surface area contributed by atoms with Crippen LogP contribution in [0.25, 0.3) is 33.2 Å². The van der Waals surface area contributed by atoms with Crippen LogP contribution in [0.15, 0.2) is 84.9 Å². The maximum Gasteiger partial charge on any atom is 0.0282 e. The summed E-state index contributed by atoms with van der Waals surface area (Å²) in [6, 6.07) is 26.8. The average Bonchev–Trinajstić information content (AvgIpc) is 2.70. The molecule has 0 bridgehead atoms. The van der Waals surface area contributed by atoms with Crippen molar-refractivity contribution in [3.05, 3.63) is 107 Å². The summed E-state index contributed by atoms with van der Waals surface area (Å²) in [6.07, 6.45) is 8.15. The Balaban J connectivity index is 1.61. The van der Waals surface area contributed by atoms with Crippen molar-refractivity contribution >= 4 is 33.2 Å². The molecule has 0 radical (unpaired) electrons. The maximum absolute atomic E-state index is 2.44. The molecule has 4 aromatic rings. The Morgan fingerprint density at radius 1 is 0.692 bits per heavy atom. The van der Waals surface area contributed by atoms with Crippen molar-refractivity contribution < 1.29 is 0 Å². The first-order valence-electron chi connectivity index (χ1n) is 9.31. The van der Waals surface area contributed by atoms with E-state index >= 15 is 0 Å². The van der Waals surface area contributed by atoms with E-state index in [9.17, 15) is 0 Å². The third-order valence-electron chi connectivity index (χ3n) is 5.95. The van der Waals surface area contributed by atoms with Gasteiger partial charge in [0.2, 0.25) is 0 Å². The molecule has 0 aliphatic heterocycles. The van der Waals surface area contributed by atoms with E-state index < -0.39 is 0 Å². The van der Waals surface area contributed by atoms with Gasteiger partial charge in [-0.1, -0.05) is 91.0 Å². The van der Waals surface area contributed by atoms with E-state index in [4.69, 9.17) is 0 Å². The molecule has 2 aliphatic carbocycles. The molecule has 0 spiro atoms. The van der Waals surface area contributed by atoms with E-state index in [1.807, 2.05) is 0 Å². The van der Waals surface area contributed by atoms with Crippen LogP contribution in [0, 0.1) is 0 Å².